The van der Waals surface area contributed by atoms with Gasteiger partial charge in [0.05, 0.1) is 23.4 Å². The van der Waals surface area contributed by atoms with E-state index in [4.69, 9.17) is 16.4 Å². The van der Waals surface area contributed by atoms with Crippen molar-refractivity contribution in [1.29, 1.82) is 0 Å². The number of hydrogen-bond acceptors (Lipinski definition) is 4. The zero-order valence-corrected chi connectivity index (χ0v) is 25.7. The molecule has 42 heavy (non-hydrogen) atoms. The van der Waals surface area contributed by atoms with Crippen LogP contribution in [0.2, 0.25) is 0 Å². The summed E-state index contributed by atoms with van der Waals surface area (Å²) in [4.78, 5) is 0. The number of hydrogen-bond donors (Lipinski definition) is 4. The van der Waals surface area contributed by atoms with Gasteiger partial charge >= 0.3 is 0 Å². The van der Waals surface area contributed by atoms with Gasteiger partial charge in [-0.05, 0) is 164 Å². The van der Waals surface area contributed by atoms with Gasteiger partial charge in [-0.1, -0.05) is 49.3 Å². The molecule has 6 aliphatic carbocycles. The molecular weight excluding hydrogens is 520 g/mol. The van der Waals surface area contributed by atoms with E-state index in [-0.39, 0.29) is 52.1 Å². The maximum absolute atomic E-state index is 10.5. The van der Waals surface area contributed by atoms with Crippen LogP contribution in [-0.2, 0) is 0 Å². The predicted octanol–water partition coefficient (Wildman–Crippen LogP) is 8.19. The first kappa shape index (κ1) is 20.2. The fourth-order valence-electron chi connectivity index (χ4n) is 9.76. The highest BCUT2D eigenvalue weighted by atomic mass is 16.3. The molecule has 0 heterocycles. The fraction of sp³-hybridized carbons (Fsp3) is 0.842. The monoisotopic (exact) mass is 595 g/mol. The Hall–Kier alpha value is -0.940. The minimum Gasteiger partial charge on any atom is -0.393 e. The van der Waals surface area contributed by atoms with Crippen LogP contribution in [0.15, 0.2) is 35.5 Å². The molecule has 0 bridgehead atoms. The smallest absolute Gasteiger partial charge is 0.0771 e. The molecule has 4 nitrogen and oxygen atoms in total. The van der Waals surface area contributed by atoms with E-state index in [1.165, 1.54) is 11.1 Å². The SMILES string of the molecule is [2H]C([2H])([2H])C(O)(/C=C\CC1(C2=CCC3[C@@H](O)CCC[C@]23C)CC1)C([2H])([2H])[2H].[2H]C([2H])([2H])C(O)(CCCC1(C2=CCC3[C@@H](O)CCC[C@]23C)CC1)C([2H])([2H])[2H]. The number of rotatable bonds is 9. The number of aliphatic hydroxyl groups excluding tert-OH is 2. The molecule has 4 fully saturated rings. The van der Waals surface area contributed by atoms with Gasteiger partial charge in [0.1, 0.15) is 0 Å². The standard InChI is InChI=1S/C19H32O2.C19H30O2/c2*1-17(2,21)9-5-11-19(12-13-19)16-8-7-14-15(20)6-4-10-18(14,16)3/h8,14-15,20-21H,4-7,9-13H2,1-3H3;5,8-9,14-15,20-21H,4,6-7,10-13H2,1-3H3/b;9-5-/t2*14?,15-,18-/m00/s1/i2*1D3,2D3. The van der Waals surface area contributed by atoms with Crippen LogP contribution in [0.4, 0.5) is 0 Å². The molecule has 2 unspecified atom stereocenters. The van der Waals surface area contributed by atoms with Crippen LogP contribution in [0, 0.1) is 33.5 Å². The second-order valence-corrected chi connectivity index (χ2v) is 15.3. The molecule has 4 saturated carbocycles. The number of allylic oxidation sites excluding steroid dienone is 5. The first-order valence-electron chi connectivity index (χ1n) is 22.4. The van der Waals surface area contributed by atoms with Crippen molar-refractivity contribution >= 4 is 0 Å². The maximum Gasteiger partial charge on any atom is 0.0771 e. The first-order chi connectivity index (χ1) is 24.5. The summed E-state index contributed by atoms with van der Waals surface area (Å²) in [6.45, 7) is -7.45. The van der Waals surface area contributed by atoms with Gasteiger partial charge in [0, 0.05) is 16.4 Å². The lowest BCUT2D eigenvalue weighted by Gasteiger charge is -2.44. The topological polar surface area (TPSA) is 80.9 Å². The molecule has 0 amide bonds. The molecule has 4 N–H and O–H groups in total. The predicted molar refractivity (Wildman–Crippen MR) is 172 cm³/mol. The first-order valence-corrected chi connectivity index (χ1v) is 16.4. The summed E-state index contributed by atoms with van der Waals surface area (Å²) in [6, 6.07) is 0. The zero-order valence-electron chi connectivity index (χ0n) is 37.7. The molecule has 0 saturated heterocycles. The third kappa shape index (κ3) is 6.53. The Morgan fingerprint density at radius 2 is 1.33 bits per heavy atom. The molecule has 6 atom stereocenters. The molecule has 0 spiro atoms. The summed E-state index contributed by atoms with van der Waals surface area (Å²) in [5, 5.41) is 41.7. The van der Waals surface area contributed by atoms with E-state index in [1.807, 2.05) is 0 Å². The Kier molecular flexibility index (Phi) is 5.52. The lowest BCUT2D eigenvalue weighted by atomic mass is 9.62. The number of fused-ring (bicyclic) bond motifs is 2. The molecule has 0 aromatic rings. The van der Waals surface area contributed by atoms with Crippen molar-refractivity contribution in [3.8, 4) is 0 Å². The molecule has 0 radical (unpaired) electrons. The molecule has 0 aromatic carbocycles. The maximum atomic E-state index is 10.5. The Morgan fingerprint density at radius 3 is 1.81 bits per heavy atom. The Morgan fingerprint density at radius 1 is 0.810 bits per heavy atom. The van der Waals surface area contributed by atoms with E-state index < -0.39 is 38.6 Å². The molecule has 6 aliphatic rings. The van der Waals surface area contributed by atoms with Gasteiger partial charge < -0.3 is 20.4 Å². The van der Waals surface area contributed by atoms with Crippen molar-refractivity contribution in [1.82, 2.24) is 0 Å². The van der Waals surface area contributed by atoms with Gasteiger partial charge in [0.25, 0.3) is 0 Å². The second-order valence-electron chi connectivity index (χ2n) is 15.3. The zero-order chi connectivity index (χ0) is 40.6. The van der Waals surface area contributed by atoms with Gasteiger partial charge in [-0.25, -0.2) is 0 Å². The number of aliphatic hydroxyl groups is 4. The van der Waals surface area contributed by atoms with Crippen LogP contribution in [-0.4, -0.2) is 43.8 Å². The van der Waals surface area contributed by atoms with E-state index in [9.17, 15) is 20.4 Å². The van der Waals surface area contributed by atoms with Crippen LogP contribution >= 0.6 is 0 Å². The average Bonchev–Trinajstić information content (AvgIpc) is 3.91. The minimum absolute atomic E-state index is 0.00146. The summed E-state index contributed by atoms with van der Waals surface area (Å²) in [7, 11) is 0. The Labute approximate surface area is 273 Å². The normalized spacial score (nSPS) is 43.7. The minimum atomic E-state index is -3.03. The van der Waals surface area contributed by atoms with Gasteiger partial charge in [-0.2, -0.15) is 0 Å². The second kappa shape index (κ2) is 11.5. The van der Waals surface area contributed by atoms with E-state index in [1.54, 1.807) is 6.08 Å². The molecular formula is C38H62O4. The Bertz CT molecular complexity index is 1440. The fourth-order valence-corrected chi connectivity index (χ4v) is 9.76. The quantitative estimate of drug-likeness (QED) is 0.203. The Balaban J connectivity index is 0.000000208. The van der Waals surface area contributed by atoms with Gasteiger partial charge in [-0.3, -0.25) is 0 Å². The summed E-state index contributed by atoms with van der Waals surface area (Å²) in [6.07, 6.45) is 19.4. The highest BCUT2D eigenvalue weighted by molar-refractivity contribution is 5.36. The van der Waals surface area contributed by atoms with Crippen LogP contribution in [0.1, 0.15) is 160 Å². The van der Waals surface area contributed by atoms with Crippen LogP contribution < -0.4 is 0 Å². The summed E-state index contributed by atoms with van der Waals surface area (Å²) in [5.74, 6) is 0.504. The molecule has 238 valence electrons. The molecule has 4 heteroatoms. The summed E-state index contributed by atoms with van der Waals surface area (Å²) in [5.41, 5.74) is -2.88. The van der Waals surface area contributed by atoms with E-state index in [2.05, 4.69) is 26.0 Å². The van der Waals surface area contributed by atoms with E-state index in [0.29, 0.717) is 19.3 Å². The van der Waals surface area contributed by atoms with Crippen molar-refractivity contribution in [3.63, 3.8) is 0 Å². The summed E-state index contributed by atoms with van der Waals surface area (Å²) >= 11 is 0. The van der Waals surface area contributed by atoms with Crippen LogP contribution in [0.3, 0.4) is 0 Å². The van der Waals surface area contributed by atoms with Crippen molar-refractivity contribution in [2.45, 2.75) is 167 Å². The summed E-state index contributed by atoms with van der Waals surface area (Å²) < 4.78 is 89.9. The van der Waals surface area contributed by atoms with Crippen molar-refractivity contribution in [2.75, 3.05) is 0 Å². The van der Waals surface area contributed by atoms with Crippen molar-refractivity contribution in [3.05, 3.63) is 35.5 Å². The van der Waals surface area contributed by atoms with Crippen molar-refractivity contribution < 1.29 is 36.9 Å². The average molecular weight is 595 g/mol. The largest absolute Gasteiger partial charge is 0.393 e. The van der Waals surface area contributed by atoms with Gasteiger partial charge in [0.15, 0.2) is 0 Å². The van der Waals surface area contributed by atoms with Gasteiger partial charge in [0.2, 0.25) is 0 Å². The molecule has 0 aliphatic heterocycles. The molecule has 0 aromatic heterocycles. The van der Waals surface area contributed by atoms with Crippen molar-refractivity contribution in [2.24, 2.45) is 33.5 Å². The highest BCUT2D eigenvalue weighted by Gasteiger charge is 2.58. The van der Waals surface area contributed by atoms with E-state index >= 15 is 0 Å². The lowest BCUT2D eigenvalue weighted by Crippen LogP contribution is -2.40. The highest BCUT2D eigenvalue weighted by Crippen LogP contribution is 2.68. The van der Waals surface area contributed by atoms with Gasteiger partial charge in [-0.15, -0.1) is 0 Å². The van der Waals surface area contributed by atoms with E-state index in [0.717, 1.165) is 83.1 Å². The van der Waals surface area contributed by atoms with Crippen LogP contribution in [0.5, 0.6) is 0 Å². The third-order valence-electron chi connectivity index (χ3n) is 12.3. The third-order valence-corrected chi connectivity index (χ3v) is 12.3. The molecule has 6 rings (SSSR count). The lowest BCUT2D eigenvalue weighted by molar-refractivity contribution is 0.00604. The van der Waals surface area contributed by atoms with Crippen LogP contribution in [0.25, 0.3) is 0 Å².